The highest BCUT2D eigenvalue weighted by Crippen LogP contribution is 2.30. The van der Waals surface area contributed by atoms with Gasteiger partial charge in [0, 0.05) is 25.5 Å². The minimum Gasteiger partial charge on any atom is -0.492 e. The molecule has 0 aliphatic heterocycles. The smallest absolute Gasteiger partial charge is 0.207 e. The average molecular weight is 335 g/mol. The molecule has 0 aliphatic rings. The third kappa shape index (κ3) is 3.38. The number of fused-ring (bicyclic) bond motifs is 1. The first-order valence-electron chi connectivity index (χ1n) is 7.76. The van der Waals surface area contributed by atoms with Gasteiger partial charge >= 0.3 is 0 Å². The first-order valence-corrected chi connectivity index (χ1v) is 7.76. The van der Waals surface area contributed by atoms with Crippen LogP contribution < -0.4 is 20.8 Å². The molecule has 126 valence electrons. The van der Waals surface area contributed by atoms with Gasteiger partial charge in [-0.15, -0.1) is 0 Å². The van der Waals surface area contributed by atoms with E-state index in [9.17, 15) is 4.79 Å². The number of nitrogens with one attached hydrogen (secondary N) is 3. The number of benzene rings is 1. The van der Waals surface area contributed by atoms with E-state index in [-0.39, 0.29) is 11.0 Å². The molecule has 0 amide bonds. The van der Waals surface area contributed by atoms with Crippen molar-refractivity contribution in [3.8, 4) is 11.8 Å². The Morgan fingerprint density at radius 1 is 1.24 bits per heavy atom. The van der Waals surface area contributed by atoms with Crippen LogP contribution in [0.25, 0.3) is 10.9 Å². The Morgan fingerprint density at radius 2 is 2.08 bits per heavy atom. The summed E-state index contributed by atoms with van der Waals surface area (Å²) in [6.45, 7) is 1.31. The fourth-order valence-corrected chi connectivity index (χ4v) is 2.56. The van der Waals surface area contributed by atoms with E-state index in [0.29, 0.717) is 29.7 Å². The number of aromatic nitrogens is 2. The van der Waals surface area contributed by atoms with Crippen molar-refractivity contribution in [3.63, 3.8) is 0 Å². The van der Waals surface area contributed by atoms with Gasteiger partial charge < -0.3 is 20.4 Å². The van der Waals surface area contributed by atoms with Crippen molar-refractivity contribution in [2.24, 2.45) is 0 Å². The van der Waals surface area contributed by atoms with Gasteiger partial charge in [-0.3, -0.25) is 4.79 Å². The van der Waals surface area contributed by atoms with Gasteiger partial charge in [-0.1, -0.05) is 6.07 Å². The first-order chi connectivity index (χ1) is 12.2. The molecule has 2 heterocycles. The van der Waals surface area contributed by atoms with Crippen molar-refractivity contribution in [1.29, 1.82) is 5.26 Å². The zero-order chi connectivity index (χ0) is 17.6. The third-order valence-corrected chi connectivity index (χ3v) is 3.74. The number of methoxy groups -OCH3 is 1. The normalized spacial score (nSPS) is 10.2. The predicted molar refractivity (Wildman–Crippen MR) is 97.1 cm³/mol. The van der Waals surface area contributed by atoms with Crippen LogP contribution in [-0.4, -0.2) is 30.2 Å². The van der Waals surface area contributed by atoms with Gasteiger partial charge in [0.25, 0.3) is 0 Å². The average Bonchev–Trinajstić information content (AvgIpc) is 2.66. The Bertz CT molecular complexity index is 976. The van der Waals surface area contributed by atoms with Gasteiger partial charge in [0.15, 0.2) is 5.75 Å². The SMILES string of the molecule is COc1c(NCCNc2ccccn2)ccc2c(=O)c(C#N)c[nH]c12. The minimum atomic E-state index is -0.307. The highest BCUT2D eigenvalue weighted by atomic mass is 16.5. The number of ether oxygens (including phenoxy) is 1. The molecule has 25 heavy (non-hydrogen) atoms. The van der Waals surface area contributed by atoms with Crippen LogP contribution in [0.3, 0.4) is 0 Å². The Labute approximate surface area is 144 Å². The highest BCUT2D eigenvalue weighted by molar-refractivity contribution is 5.90. The van der Waals surface area contributed by atoms with Crippen LogP contribution in [0.5, 0.6) is 5.75 Å². The first kappa shape index (κ1) is 16.3. The summed E-state index contributed by atoms with van der Waals surface area (Å²) in [6, 6.07) is 11.0. The van der Waals surface area contributed by atoms with Crippen LogP contribution in [0.15, 0.2) is 47.5 Å². The van der Waals surface area contributed by atoms with E-state index >= 15 is 0 Å². The Morgan fingerprint density at radius 3 is 2.80 bits per heavy atom. The van der Waals surface area contributed by atoms with Crippen LogP contribution >= 0.6 is 0 Å². The zero-order valence-electron chi connectivity index (χ0n) is 13.7. The lowest BCUT2D eigenvalue weighted by Gasteiger charge is -2.14. The summed E-state index contributed by atoms with van der Waals surface area (Å²) in [7, 11) is 1.54. The number of aromatic amines is 1. The maximum Gasteiger partial charge on any atom is 0.207 e. The van der Waals surface area contributed by atoms with Gasteiger partial charge in [-0.2, -0.15) is 5.26 Å². The molecule has 2 aromatic heterocycles. The molecule has 0 atom stereocenters. The largest absolute Gasteiger partial charge is 0.492 e. The molecule has 0 fully saturated rings. The summed E-state index contributed by atoms with van der Waals surface area (Å²) in [5.41, 5.74) is 1.10. The van der Waals surface area contributed by atoms with E-state index in [1.807, 2.05) is 24.3 Å². The summed E-state index contributed by atoms with van der Waals surface area (Å²) in [6.07, 6.45) is 3.13. The van der Waals surface area contributed by atoms with Crippen molar-refractivity contribution in [1.82, 2.24) is 9.97 Å². The lowest BCUT2D eigenvalue weighted by molar-refractivity contribution is 0.420. The second kappa shape index (κ2) is 7.36. The van der Waals surface area contributed by atoms with Crippen LogP contribution in [0.4, 0.5) is 11.5 Å². The van der Waals surface area contributed by atoms with E-state index in [1.54, 1.807) is 25.4 Å². The lowest BCUT2D eigenvalue weighted by Crippen LogP contribution is -2.15. The number of anilines is 2. The minimum absolute atomic E-state index is 0.0785. The maximum atomic E-state index is 12.2. The Hall–Kier alpha value is -3.53. The van der Waals surface area contributed by atoms with Crippen molar-refractivity contribution in [2.75, 3.05) is 30.8 Å². The predicted octanol–water partition coefficient (Wildman–Crippen LogP) is 2.33. The molecule has 0 spiro atoms. The number of pyridine rings is 2. The van der Waals surface area contributed by atoms with Crippen LogP contribution in [0.2, 0.25) is 0 Å². The van der Waals surface area contributed by atoms with E-state index in [2.05, 4.69) is 20.6 Å². The topological polar surface area (TPSA) is 103 Å². The number of nitriles is 1. The number of nitrogens with zero attached hydrogens (tertiary/aromatic N) is 2. The molecular weight excluding hydrogens is 318 g/mol. The molecule has 0 radical (unpaired) electrons. The number of hydrogen-bond donors (Lipinski definition) is 3. The molecule has 3 aromatic rings. The quantitative estimate of drug-likeness (QED) is 0.598. The summed E-state index contributed by atoms with van der Waals surface area (Å²) >= 11 is 0. The van der Waals surface area contributed by atoms with Crippen LogP contribution in [0.1, 0.15) is 5.56 Å². The van der Waals surface area contributed by atoms with Gasteiger partial charge in [-0.25, -0.2) is 4.98 Å². The van der Waals surface area contributed by atoms with Gasteiger partial charge in [0.1, 0.15) is 17.5 Å². The van der Waals surface area contributed by atoms with Crippen LogP contribution in [0, 0.1) is 11.3 Å². The molecular formula is C18H17N5O2. The summed E-state index contributed by atoms with van der Waals surface area (Å²) in [4.78, 5) is 19.4. The number of hydrogen-bond acceptors (Lipinski definition) is 6. The van der Waals surface area contributed by atoms with Crippen molar-refractivity contribution in [3.05, 3.63) is 58.5 Å². The fourth-order valence-electron chi connectivity index (χ4n) is 2.56. The summed E-state index contributed by atoms with van der Waals surface area (Å²) in [5, 5.41) is 15.9. The van der Waals surface area contributed by atoms with E-state index in [1.165, 1.54) is 6.20 Å². The third-order valence-electron chi connectivity index (χ3n) is 3.74. The van der Waals surface area contributed by atoms with E-state index < -0.39 is 0 Å². The van der Waals surface area contributed by atoms with Gasteiger partial charge in [0.2, 0.25) is 5.43 Å². The maximum absolute atomic E-state index is 12.2. The van der Waals surface area contributed by atoms with Gasteiger partial charge in [-0.05, 0) is 24.3 Å². The monoisotopic (exact) mass is 335 g/mol. The van der Waals surface area contributed by atoms with Crippen molar-refractivity contribution >= 4 is 22.4 Å². The lowest BCUT2D eigenvalue weighted by atomic mass is 10.1. The molecule has 0 saturated heterocycles. The molecule has 7 heteroatoms. The summed E-state index contributed by atoms with van der Waals surface area (Å²) in [5.74, 6) is 1.35. The van der Waals surface area contributed by atoms with E-state index in [4.69, 9.17) is 10.00 Å². The molecule has 7 nitrogen and oxygen atoms in total. The zero-order valence-corrected chi connectivity index (χ0v) is 13.7. The van der Waals surface area contributed by atoms with Crippen LogP contribution in [-0.2, 0) is 0 Å². The molecule has 0 unspecified atom stereocenters. The molecule has 0 bridgehead atoms. The van der Waals surface area contributed by atoms with Crippen molar-refractivity contribution < 1.29 is 4.74 Å². The standard InChI is InChI=1S/C18H17N5O2/c1-25-18-14(20-8-9-22-15-4-2-3-7-21-15)6-5-13-16(18)23-11-12(10-19)17(13)24/h2-7,11,20H,8-9H2,1H3,(H,21,22)(H,23,24). The van der Waals surface area contributed by atoms with E-state index in [0.717, 1.165) is 11.5 Å². The molecule has 3 rings (SSSR count). The molecule has 0 aliphatic carbocycles. The molecule has 1 aromatic carbocycles. The molecule has 0 saturated carbocycles. The fraction of sp³-hybridized carbons (Fsp3) is 0.167. The number of H-pyrrole nitrogens is 1. The summed E-state index contributed by atoms with van der Waals surface area (Å²) < 4.78 is 5.45. The Balaban J connectivity index is 1.78. The van der Waals surface area contributed by atoms with Crippen molar-refractivity contribution in [2.45, 2.75) is 0 Å². The Kier molecular flexibility index (Phi) is 4.81. The second-order valence-electron chi connectivity index (χ2n) is 5.28. The molecule has 3 N–H and O–H groups in total. The highest BCUT2D eigenvalue weighted by Gasteiger charge is 2.12. The van der Waals surface area contributed by atoms with Gasteiger partial charge in [0.05, 0.1) is 23.7 Å². The number of rotatable bonds is 6. The second-order valence-corrected chi connectivity index (χ2v) is 5.28.